The lowest BCUT2D eigenvalue weighted by atomic mass is 10.1. The maximum atomic E-state index is 5.27. The van der Waals surface area contributed by atoms with E-state index in [4.69, 9.17) is 4.74 Å². The molecule has 1 aliphatic rings. The molecule has 0 N–H and O–H groups in total. The molecule has 12 heavy (non-hydrogen) atoms. The summed E-state index contributed by atoms with van der Waals surface area (Å²) in [5, 5.41) is 0. The Morgan fingerprint density at radius 1 is 1.33 bits per heavy atom. The van der Waals surface area contributed by atoms with E-state index in [0.29, 0.717) is 0 Å². The number of fused-ring (bicyclic) bond motifs is 1. The van der Waals surface area contributed by atoms with Crippen molar-refractivity contribution in [3.63, 3.8) is 0 Å². The Bertz CT molecular complexity index is 326. The zero-order valence-corrected chi connectivity index (χ0v) is 7.26. The van der Waals surface area contributed by atoms with Crippen LogP contribution in [0.2, 0.25) is 0 Å². The number of allylic oxidation sites excluding steroid dienone is 1. The summed E-state index contributed by atoms with van der Waals surface area (Å²) in [5.74, 6) is 0.968. The van der Waals surface area contributed by atoms with E-state index in [-0.39, 0.29) is 0 Å². The summed E-state index contributed by atoms with van der Waals surface area (Å²) >= 11 is 0. The highest BCUT2D eigenvalue weighted by Gasteiger charge is 2.17. The minimum Gasteiger partial charge on any atom is -0.496 e. The van der Waals surface area contributed by atoms with Crippen LogP contribution in [0.3, 0.4) is 0 Å². The number of aryl methyl sites for hydroxylation is 1. The fourth-order valence-corrected chi connectivity index (χ4v) is 1.77. The van der Waals surface area contributed by atoms with E-state index in [1.165, 1.54) is 16.7 Å². The molecule has 1 aromatic carbocycles. The first-order valence-electron chi connectivity index (χ1n) is 4.17. The van der Waals surface area contributed by atoms with Crippen LogP contribution >= 0.6 is 0 Å². The smallest absolute Gasteiger partial charge is 0.126 e. The van der Waals surface area contributed by atoms with Crippen molar-refractivity contribution in [2.45, 2.75) is 12.8 Å². The molecule has 62 valence electrons. The SMILES string of the molecule is C=C1CCc2cccc(OC)c21. The van der Waals surface area contributed by atoms with Gasteiger partial charge in [0.25, 0.3) is 0 Å². The normalized spacial score (nSPS) is 14.6. The van der Waals surface area contributed by atoms with Gasteiger partial charge < -0.3 is 4.74 Å². The van der Waals surface area contributed by atoms with E-state index >= 15 is 0 Å². The zero-order chi connectivity index (χ0) is 8.55. The molecule has 0 aromatic heterocycles. The van der Waals surface area contributed by atoms with Gasteiger partial charge in [0, 0.05) is 5.56 Å². The zero-order valence-electron chi connectivity index (χ0n) is 7.26. The third kappa shape index (κ3) is 0.934. The number of hydrogen-bond donors (Lipinski definition) is 0. The summed E-state index contributed by atoms with van der Waals surface area (Å²) in [6, 6.07) is 6.18. The van der Waals surface area contributed by atoms with Crippen LogP contribution in [0.5, 0.6) is 5.75 Å². The van der Waals surface area contributed by atoms with Crippen molar-refractivity contribution in [3.8, 4) is 5.75 Å². The van der Waals surface area contributed by atoms with Crippen LogP contribution in [-0.4, -0.2) is 7.11 Å². The lowest BCUT2D eigenvalue weighted by Gasteiger charge is -2.06. The van der Waals surface area contributed by atoms with Crippen molar-refractivity contribution in [2.24, 2.45) is 0 Å². The molecule has 0 radical (unpaired) electrons. The first kappa shape index (κ1) is 7.41. The van der Waals surface area contributed by atoms with Crippen LogP contribution in [-0.2, 0) is 6.42 Å². The van der Waals surface area contributed by atoms with Crippen LogP contribution in [0.1, 0.15) is 17.5 Å². The molecule has 0 atom stereocenters. The van der Waals surface area contributed by atoms with Crippen molar-refractivity contribution in [1.29, 1.82) is 0 Å². The van der Waals surface area contributed by atoms with Crippen molar-refractivity contribution in [1.82, 2.24) is 0 Å². The summed E-state index contributed by atoms with van der Waals surface area (Å²) in [4.78, 5) is 0. The molecule has 0 heterocycles. The van der Waals surface area contributed by atoms with Crippen LogP contribution in [0.4, 0.5) is 0 Å². The average molecular weight is 160 g/mol. The Hall–Kier alpha value is -1.24. The van der Waals surface area contributed by atoms with E-state index in [1.807, 2.05) is 12.1 Å². The van der Waals surface area contributed by atoms with Crippen molar-refractivity contribution in [3.05, 3.63) is 35.9 Å². The minimum atomic E-state index is 0.968. The van der Waals surface area contributed by atoms with Crippen molar-refractivity contribution >= 4 is 5.57 Å². The monoisotopic (exact) mass is 160 g/mol. The van der Waals surface area contributed by atoms with Gasteiger partial charge in [0.05, 0.1) is 7.11 Å². The molecular formula is C11H12O. The third-order valence-corrected chi connectivity index (χ3v) is 2.38. The first-order valence-corrected chi connectivity index (χ1v) is 4.17. The Kier molecular flexibility index (Phi) is 1.65. The summed E-state index contributed by atoms with van der Waals surface area (Å²) in [5.41, 5.74) is 3.82. The molecule has 1 aromatic rings. The molecule has 0 fully saturated rings. The van der Waals surface area contributed by atoms with Gasteiger partial charge in [0.1, 0.15) is 5.75 Å². The highest BCUT2D eigenvalue weighted by Crippen LogP contribution is 2.37. The second-order valence-electron chi connectivity index (χ2n) is 3.10. The summed E-state index contributed by atoms with van der Waals surface area (Å²) in [6.07, 6.45) is 2.20. The number of methoxy groups -OCH3 is 1. The number of ether oxygens (including phenoxy) is 1. The van der Waals surface area contributed by atoms with Crippen LogP contribution < -0.4 is 4.74 Å². The summed E-state index contributed by atoms with van der Waals surface area (Å²) in [7, 11) is 1.71. The molecule has 1 nitrogen and oxygen atoms in total. The Morgan fingerprint density at radius 3 is 2.92 bits per heavy atom. The molecule has 0 saturated carbocycles. The molecule has 0 bridgehead atoms. The quantitative estimate of drug-likeness (QED) is 0.613. The Balaban J connectivity index is 2.60. The fraction of sp³-hybridized carbons (Fsp3) is 0.273. The van der Waals surface area contributed by atoms with E-state index in [1.54, 1.807) is 7.11 Å². The van der Waals surface area contributed by atoms with Gasteiger partial charge in [-0.15, -0.1) is 0 Å². The van der Waals surface area contributed by atoms with Gasteiger partial charge in [-0.3, -0.25) is 0 Å². The first-order chi connectivity index (χ1) is 5.83. The highest BCUT2D eigenvalue weighted by atomic mass is 16.5. The molecular weight excluding hydrogens is 148 g/mol. The second kappa shape index (κ2) is 2.67. The molecule has 0 amide bonds. The molecule has 1 heteroatoms. The van der Waals surface area contributed by atoms with Gasteiger partial charge in [-0.1, -0.05) is 18.7 Å². The highest BCUT2D eigenvalue weighted by molar-refractivity contribution is 5.75. The molecule has 0 aliphatic heterocycles. The van der Waals surface area contributed by atoms with E-state index in [2.05, 4.69) is 12.6 Å². The van der Waals surface area contributed by atoms with Gasteiger partial charge >= 0.3 is 0 Å². The van der Waals surface area contributed by atoms with Gasteiger partial charge in [-0.25, -0.2) is 0 Å². The second-order valence-corrected chi connectivity index (χ2v) is 3.10. The van der Waals surface area contributed by atoms with E-state index in [9.17, 15) is 0 Å². The van der Waals surface area contributed by atoms with Gasteiger partial charge in [0.2, 0.25) is 0 Å². The number of rotatable bonds is 1. The summed E-state index contributed by atoms with van der Waals surface area (Å²) in [6.45, 7) is 4.02. The molecule has 1 aliphatic carbocycles. The van der Waals surface area contributed by atoms with Crippen molar-refractivity contribution < 1.29 is 4.74 Å². The Morgan fingerprint density at radius 2 is 2.17 bits per heavy atom. The number of benzene rings is 1. The predicted molar refractivity (Wildman–Crippen MR) is 50.3 cm³/mol. The predicted octanol–water partition coefficient (Wildman–Crippen LogP) is 2.65. The topological polar surface area (TPSA) is 9.23 Å². The van der Waals surface area contributed by atoms with Crippen LogP contribution in [0, 0.1) is 0 Å². The molecule has 0 unspecified atom stereocenters. The molecule has 0 spiro atoms. The van der Waals surface area contributed by atoms with Crippen LogP contribution in [0.25, 0.3) is 5.57 Å². The van der Waals surface area contributed by atoms with Gasteiger partial charge in [-0.2, -0.15) is 0 Å². The number of hydrogen-bond acceptors (Lipinski definition) is 1. The molecule has 0 saturated heterocycles. The third-order valence-electron chi connectivity index (χ3n) is 2.38. The largest absolute Gasteiger partial charge is 0.496 e. The molecule has 2 rings (SSSR count). The van der Waals surface area contributed by atoms with Crippen LogP contribution in [0.15, 0.2) is 24.8 Å². The average Bonchev–Trinajstić information content (AvgIpc) is 2.48. The minimum absolute atomic E-state index is 0.968. The van der Waals surface area contributed by atoms with E-state index < -0.39 is 0 Å². The fourth-order valence-electron chi connectivity index (χ4n) is 1.77. The lowest BCUT2D eigenvalue weighted by Crippen LogP contribution is -1.89. The van der Waals surface area contributed by atoms with Crippen molar-refractivity contribution in [2.75, 3.05) is 7.11 Å². The lowest BCUT2D eigenvalue weighted by molar-refractivity contribution is 0.413. The van der Waals surface area contributed by atoms with E-state index in [0.717, 1.165) is 18.6 Å². The van der Waals surface area contributed by atoms with Gasteiger partial charge in [0.15, 0.2) is 0 Å². The standard InChI is InChI=1S/C11H12O/c1-8-6-7-9-4-3-5-10(12-2)11(8)9/h3-5H,1,6-7H2,2H3. The van der Waals surface area contributed by atoms with Gasteiger partial charge in [-0.05, 0) is 30.0 Å². The maximum Gasteiger partial charge on any atom is 0.126 e. The Labute approximate surface area is 72.7 Å². The summed E-state index contributed by atoms with van der Waals surface area (Å²) < 4.78 is 5.27. The maximum absolute atomic E-state index is 5.27.